The van der Waals surface area contributed by atoms with Crippen molar-refractivity contribution in [1.82, 2.24) is 4.90 Å². The molecule has 0 aromatic heterocycles. The highest BCUT2D eigenvalue weighted by atomic mass is 16.5. The molecular weight excluding hydrogens is 354 g/mol. The van der Waals surface area contributed by atoms with Gasteiger partial charge < -0.3 is 14.6 Å². The molecule has 0 heterocycles. The van der Waals surface area contributed by atoms with Gasteiger partial charge in [0.05, 0.1) is 13.2 Å². The van der Waals surface area contributed by atoms with Crippen LogP contribution in [0.2, 0.25) is 0 Å². The SMILES string of the molecule is COCCOc1ccc2c(c1)CC[C@H](CN(C)CC(=O)O)[C@@H]2c1ccccc1. The van der Waals surface area contributed by atoms with Crippen molar-refractivity contribution in [3.8, 4) is 5.75 Å². The molecule has 0 fully saturated rings. The number of ether oxygens (including phenoxy) is 2. The van der Waals surface area contributed by atoms with Gasteiger partial charge in [-0.05, 0) is 54.6 Å². The van der Waals surface area contributed by atoms with Gasteiger partial charge in [-0.1, -0.05) is 36.4 Å². The number of carboxylic acids is 1. The van der Waals surface area contributed by atoms with E-state index in [1.165, 1.54) is 16.7 Å². The van der Waals surface area contributed by atoms with Gasteiger partial charge in [0.25, 0.3) is 0 Å². The van der Waals surface area contributed by atoms with E-state index in [-0.39, 0.29) is 12.5 Å². The minimum Gasteiger partial charge on any atom is -0.491 e. The topological polar surface area (TPSA) is 59.0 Å². The molecule has 0 saturated carbocycles. The molecule has 0 aliphatic heterocycles. The Morgan fingerprint density at radius 3 is 2.68 bits per heavy atom. The van der Waals surface area contributed by atoms with E-state index in [9.17, 15) is 4.79 Å². The third kappa shape index (κ3) is 5.12. The smallest absolute Gasteiger partial charge is 0.317 e. The summed E-state index contributed by atoms with van der Waals surface area (Å²) in [7, 11) is 3.56. The molecule has 0 bridgehead atoms. The minimum atomic E-state index is -0.784. The molecule has 5 nitrogen and oxygen atoms in total. The number of nitrogens with zero attached hydrogens (tertiary/aromatic N) is 1. The van der Waals surface area contributed by atoms with Crippen molar-refractivity contribution in [3.63, 3.8) is 0 Å². The number of hydrogen-bond acceptors (Lipinski definition) is 4. The van der Waals surface area contributed by atoms with Crippen LogP contribution in [0.4, 0.5) is 0 Å². The molecule has 1 aliphatic rings. The average molecular weight is 383 g/mol. The summed E-state index contributed by atoms with van der Waals surface area (Å²) in [4.78, 5) is 13.0. The number of rotatable bonds is 9. The van der Waals surface area contributed by atoms with E-state index in [1.54, 1.807) is 7.11 Å². The summed E-state index contributed by atoms with van der Waals surface area (Å²) in [5, 5.41) is 9.11. The van der Waals surface area contributed by atoms with Crippen molar-refractivity contribution in [3.05, 3.63) is 65.2 Å². The number of likely N-dealkylation sites (N-methyl/N-ethyl adjacent to an activating group) is 1. The largest absolute Gasteiger partial charge is 0.491 e. The van der Waals surface area contributed by atoms with Gasteiger partial charge in [-0.3, -0.25) is 9.69 Å². The molecule has 1 N–H and O–H groups in total. The molecule has 0 amide bonds. The fourth-order valence-corrected chi connectivity index (χ4v) is 4.20. The van der Waals surface area contributed by atoms with Crippen molar-refractivity contribution in [2.24, 2.45) is 5.92 Å². The Morgan fingerprint density at radius 2 is 1.96 bits per heavy atom. The molecule has 28 heavy (non-hydrogen) atoms. The number of aliphatic carboxylic acids is 1. The first kappa shape index (κ1) is 20.4. The van der Waals surface area contributed by atoms with Crippen LogP contribution >= 0.6 is 0 Å². The molecule has 2 aromatic rings. The second-order valence-corrected chi connectivity index (χ2v) is 7.48. The first-order valence-electron chi connectivity index (χ1n) is 9.78. The molecule has 1 aliphatic carbocycles. The summed E-state index contributed by atoms with van der Waals surface area (Å²) in [6, 6.07) is 16.9. The number of methoxy groups -OCH3 is 1. The molecule has 2 aromatic carbocycles. The molecular formula is C23H29NO4. The van der Waals surface area contributed by atoms with Crippen LogP contribution in [0.1, 0.15) is 29.0 Å². The van der Waals surface area contributed by atoms with Crippen LogP contribution in [-0.2, 0) is 16.0 Å². The Bertz CT molecular complexity index is 777. The minimum absolute atomic E-state index is 0.0666. The normalized spacial score (nSPS) is 18.7. The summed E-state index contributed by atoms with van der Waals surface area (Å²) in [6.07, 6.45) is 2.00. The second-order valence-electron chi connectivity index (χ2n) is 7.48. The maximum atomic E-state index is 11.1. The van der Waals surface area contributed by atoms with Gasteiger partial charge in [0, 0.05) is 19.6 Å². The number of hydrogen-bond donors (Lipinski definition) is 1. The first-order valence-corrected chi connectivity index (χ1v) is 9.78. The van der Waals surface area contributed by atoms with Gasteiger partial charge in [0.1, 0.15) is 12.4 Å². The van der Waals surface area contributed by atoms with Gasteiger partial charge in [0.15, 0.2) is 0 Å². The fraction of sp³-hybridized carbons (Fsp3) is 0.435. The first-order chi connectivity index (χ1) is 13.6. The van der Waals surface area contributed by atoms with E-state index in [1.807, 2.05) is 24.1 Å². The van der Waals surface area contributed by atoms with Gasteiger partial charge in [0.2, 0.25) is 0 Å². The predicted octanol–water partition coefficient (Wildman–Crippen LogP) is 3.42. The zero-order valence-electron chi connectivity index (χ0n) is 16.6. The summed E-state index contributed by atoms with van der Waals surface area (Å²) >= 11 is 0. The van der Waals surface area contributed by atoms with Crippen LogP contribution in [0.3, 0.4) is 0 Å². The molecule has 0 radical (unpaired) electrons. The lowest BCUT2D eigenvalue weighted by molar-refractivity contribution is -0.138. The Balaban J connectivity index is 1.86. The van der Waals surface area contributed by atoms with Crippen LogP contribution in [0.5, 0.6) is 5.75 Å². The number of carboxylic acid groups (broad SMARTS) is 1. The van der Waals surface area contributed by atoms with E-state index in [4.69, 9.17) is 14.6 Å². The van der Waals surface area contributed by atoms with Crippen molar-refractivity contribution >= 4 is 5.97 Å². The molecule has 2 atom stereocenters. The highest BCUT2D eigenvalue weighted by Gasteiger charge is 2.32. The number of carbonyl (C=O) groups is 1. The van der Waals surface area contributed by atoms with Crippen molar-refractivity contribution in [2.45, 2.75) is 18.8 Å². The van der Waals surface area contributed by atoms with Crippen molar-refractivity contribution < 1.29 is 19.4 Å². The van der Waals surface area contributed by atoms with Gasteiger partial charge in [-0.15, -0.1) is 0 Å². The van der Waals surface area contributed by atoms with Gasteiger partial charge in [-0.2, -0.15) is 0 Å². The Kier molecular flexibility index (Phi) is 7.06. The maximum absolute atomic E-state index is 11.1. The fourth-order valence-electron chi connectivity index (χ4n) is 4.20. The van der Waals surface area contributed by atoms with Gasteiger partial charge in [-0.25, -0.2) is 0 Å². The third-order valence-electron chi connectivity index (χ3n) is 5.37. The number of fused-ring (bicyclic) bond motifs is 1. The Hall–Kier alpha value is -2.37. The number of aryl methyl sites for hydroxylation is 1. The third-order valence-corrected chi connectivity index (χ3v) is 5.37. The van der Waals surface area contributed by atoms with E-state index in [2.05, 4.69) is 36.4 Å². The number of benzene rings is 2. The predicted molar refractivity (Wildman–Crippen MR) is 109 cm³/mol. The maximum Gasteiger partial charge on any atom is 0.317 e. The summed E-state index contributed by atoms with van der Waals surface area (Å²) < 4.78 is 10.8. The monoisotopic (exact) mass is 383 g/mol. The Morgan fingerprint density at radius 1 is 1.18 bits per heavy atom. The van der Waals surface area contributed by atoms with Crippen molar-refractivity contribution in [2.75, 3.05) is 40.5 Å². The summed E-state index contributed by atoms with van der Waals surface area (Å²) in [5.41, 5.74) is 3.93. The lowest BCUT2D eigenvalue weighted by Gasteiger charge is -2.36. The van der Waals surface area contributed by atoms with Crippen LogP contribution in [0.15, 0.2) is 48.5 Å². The van der Waals surface area contributed by atoms with E-state index >= 15 is 0 Å². The average Bonchev–Trinajstić information content (AvgIpc) is 2.68. The standard InChI is InChI=1S/C23H29NO4/c1-24(16-22(25)26)15-19-9-8-18-14-20(28-13-12-27-2)10-11-21(18)23(19)17-6-4-3-5-7-17/h3-7,10-11,14,19,23H,8-9,12-13,15-16H2,1-2H3,(H,25,26)/t19-,23+/m1/s1. The summed E-state index contributed by atoms with van der Waals surface area (Å²) in [6.45, 7) is 1.94. The highest BCUT2D eigenvalue weighted by molar-refractivity contribution is 5.69. The van der Waals surface area contributed by atoms with Crippen molar-refractivity contribution in [1.29, 1.82) is 0 Å². The lowest BCUT2D eigenvalue weighted by atomic mass is 9.71. The van der Waals surface area contributed by atoms with E-state index < -0.39 is 5.97 Å². The van der Waals surface area contributed by atoms with Crippen LogP contribution in [0.25, 0.3) is 0 Å². The van der Waals surface area contributed by atoms with Crippen LogP contribution < -0.4 is 4.74 Å². The van der Waals surface area contributed by atoms with Gasteiger partial charge >= 0.3 is 5.97 Å². The molecule has 3 rings (SSSR count). The molecule has 150 valence electrons. The molecule has 5 heteroatoms. The van der Waals surface area contributed by atoms with E-state index in [0.29, 0.717) is 19.1 Å². The zero-order chi connectivity index (χ0) is 19.9. The lowest BCUT2D eigenvalue weighted by Crippen LogP contribution is -2.35. The molecule has 0 saturated heterocycles. The highest BCUT2D eigenvalue weighted by Crippen LogP contribution is 2.42. The zero-order valence-corrected chi connectivity index (χ0v) is 16.6. The Labute approximate surface area is 166 Å². The molecule has 0 unspecified atom stereocenters. The summed E-state index contributed by atoms with van der Waals surface area (Å²) in [5.74, 6) is 0.727. The quantitative estimate of drug-likeness (QED) is 0.673. The second kappa shape index (κ2) is 9.71. The van der Waals surface area contributed by atoms with Crippen LogP contribution in [0, 0.1) is 5.92 Å². The van der Waals surface area contributed by atoms with Crippen LogP contribution in [-0.4, -0.2) is 56.4 Å². The van der Waals surface area contributed by atoms with E-state index in [0.717, 1.165) is 25.1 Å². The molecule has 0 spiro atoms.